The first-order valence-electron chi connectivity index (χ1n) is 5.86. The molecule has 0 fully saturated rings. The molecule has 0 heterocycles. The SMILES string of the molecule is [CH2]C(c1ccccc1)c1ccc(OC)c(OC)c1. The minimum Gasteiger partial charge on any atom is -0.493 e. The highest BCUT2D eigenvalue weighted by molar-refractivity contribution is 5.46. The van der Waals surface area contributed by atoms with Gasteiger partial charge in [0.15, 0.2) is 11.5 Å². The molecule has 2 aromatic rings. The van der Waals surface area contributed by atoms with Crippen molar-refractivity contribution in [3.05, 3.63) is 66.6 Å². The molecular weight excluding hydrogens is 224 g/mol. The second-order valence-electron chi connectivity index (χ2n) is 4.08. The van der Waals surface area contributed by atoms with Crippen molar-refractivity contribution in [1.29, 1.82) is 0 Å². The van der Waals surface area contributed by atoms with Crippen LogP contribution in [0.2, 0.25) is 0 Å². The summed E-state index contributed by atoms with van der Waals surface area (Å²) in [6.45, 7) is 4.21. The van der Waals surface area contributed by atoms with Crippen LogP contribution in [0.3, 0.4) is 0 Å². The summed E-state index contributed by atoms with van der Waals surface area (Å²) in [5.74, 6) is 1.56. The lowest BCUT2D eigenvalue weighted by Crippen LogP contribution is -1.98. The van der Waals surface area contributed by atoms with E-state index < -0.39 is 0 Å². The zero-order valence-electron chi connectivity index (χ0n) is 10.7. The smallest absolute Gasteiger partial charge is 0.161 e. The second-order valence-corrected chi connectivity index (χ2v) is 4.08. The molecule has 93 valence electrons. The first-order valence-corrected chi connectivity index (χ1v) is 5.86. The van der Waals surface area contributed by atoms with Gasteiger partial charge in [0.2, 0.25) is 0 Å². The van der Waals surface area contributed by atoms with Crippen LogP contribution in [-0.2, 0) is 0 Å². The van der Waals surface area contributed by atoms with E-state index in [0.717, 1.165) is 17.1 Å². The zero-order valence-corrected chi connectivity index (χ0v) is 10.7. The molecule has 0 saturated carbocycles. The predicted octanol–water partition coefficient (Wildman–Crippen LogP) is 3.67. The second kappa shape index (κ2) is 5.58. The van der Waals surface area contributed by atoms with E-state index in [1.165, 1.54) is 5.56 Å². The Balaban J connectivity index is 2.34. The van der Waals surface area contributed by atoms with Gasteiger partial charge in [-0.05, 0) is 30.2 Å². The van der Waals surface area contributed by atoms with E-state index >= 15 is 0 Å². The fourth-order valence-electron chi connectivity index (χ4n) is 1.95. The summed E-state index contributed by atoms with van der Waals surface area (Å²) in [7, 11) is 3.28. The van der Waals surface area contributed by atoms with Crippen LogP contribution in [-0.4, -0.2) is 14.2 Å². The first-order chi connectivity index (χ1) is 8.76. The Morgan fingerprint density at radius 1 is 0.833 bits per heavy atom. The monoisotopic (exact) mass is 241 g/mol. The van der Waals surface area contributed by atoms with Gasteiger partial charge in [0, 0.05) is 5.92 Å². The summed E-state index contributed by atoms with van der Waals surface area (Å²) in [5.41, 5.74) is 2.29. The van der Waals surface area contributed by atoms with Gasteiger partial charge in [-0.15, -0.1) is 0 Å². The van der Waals surface area contributed by atoms with Crippen LogP contribution in [0.25, 0.3) is 0 Å². The Hall–Kier alpha value is -1.96. The largest absolute Gasteiger partial charge is 0.493 e. The number of rotatable bonds is 4. The molecule has 0 aliphatic rings. The standard InChI is InChI=1S/C16H17O2/c1-12(13-7-5-4-6-8-13)14-9-10-15(17-2)16(11-14)18-3/h4-12H,1H2,2-3H3. The summed E-state index contributed by atoms with van der Waals surface area (Å²) in [6.07, 6.45) is 0. The van der Waals surface area contributed by atoms with Crippen LogP contribution < -0.4 is 9.47 Å². The average molecular weight is 241 g/mol. The van der Waals surface area contributed by atoms with Crippen molar-refractivity contribution < 1.29 is 9.47 Å². The van der Waals surface area contributed by atoms with Crippen molar-refractivity contribution in [2.75, 3.05) is 14.2 Å². The van der Waals surface area contributed by atoms with Gasteiger partial charge in [-0.1, -0.05) is 36.4 Å². The minimum absolute atomic E-state index is 0.0889. The van der Waals surface area contributed by atoms with Crippen molar-refractivity contribution in [2.45, 2.75) is 5.92 Å². The van der Waals surface area contributed by atoms with Crippen LogP contribution in [0.15, 0.2) is 48.5 Å². The van der Waals surface area contributed by atoms with E-state index in [1.807, 2.05) is 36.4 Å². The van der Waals surface area contributed by atoms with Gasteiger partial charge in [-0.25, -0.2) is 0 Å². The summed E-state index contributed by atoms with van der Waals surface area (Å²) in [4.78, 5) is 0. The highest BCUT2D eigenvalue weighted by Crippen LogP contribution is 2.32. The Labute approximate surface area is 108 Å². The molecular formula is C16H17O2. The predicted molar refractivity (Wildman–Crippen MR) is 73.2 cm³/mol. The molecule has 1 radical (unpaired) electrons. The minimum atomic E-state index is 0.0889. The number of methoxy groups -OCH3 is 2. The van der Waals surface area contributed by atoms with Gasteiger partial charge >= 0.3 is 0 Å². The van der Waals surface area contributed by atoms with E-state index in [1.54, 1.807) is 14.2 Å². The summed E-state index contributed by atoms with van der Waals surface area (Å²) in [6, 6.07) is 16.1. The van der Waals surface area contributed by atoms with Crippen LogP contribution in [0, 0.1) is 6.92 Å². The Morgan fingerprint density at radius 3 is 2.11 bits per heavy atom. The van der Waals surface area contributed by atoms with Gasteiger partial charge in [0.25, 0.3) is 0 Å². The van der Waals surface area contributed by atoms with Crippen molar-refractivity contribution >= 4 is 0 Å². The average Bonchev–Trinajstić information content (AvgIpc) is 2.46. The van der Waals surface area contributed by atoms with Gasteiger partial charge in [0.1, 0.15) is 0 Å². The molecule has 2 nitrogen and oxygen atoms in total. The molecule has 0 amide bonds. The Kier molecular flexibility index (Phi) is 3.88. The maximum absolute atomic E-state index is 5.31. The normalized spacial score (nSPS) is 11.9. The fraction of sp³-hybridized carbons (Fsp3) is 0.188. The Bertz CT molecular complexity index is 506. The maximum atomic E-state index is 5.31. The molecule has 2 aromatic carbocycles. The fourth-order valence-corrected chi connectivity index (χ4v) is 1.95. The number of hydrogen-bond donors (Lipinski definition) is 0. The van der Waals surface area contributed by atoms with E-state index in [-0.39, 0.29) is 5.92 Å². The van der Waals surface area contributed by atoms with Crippen LogP contribution in [0.4, 0.5) is 0 Å². The third-order valence-corrected chi connectivity index (χ3v) is 3.01. The summed E-state index contributed by atoms with van der Waals surface area (Å²) in [5, 5.41) is 0. The number of ether oxygens (including phenoxy) is 2. The molecule has 0 bridgehead atoms. The third-order valence-electron chi connectivity index (χ3n) is 3.01. The molecule has 18 heavy (non-hydrogen) atoms. The number of hydrogen-bond acceptors (Lipinski definition) is 2. The maximum Gasteiger partial charge on any atom is 0.161 e. The molecule has 0 N–H and O–H groups in total. The van der Waals surface area contributed by atoms with E-state index in [4.69, 9.17) is 9.47 Å². The van der Waals surface area contributed by atoms with E-state index in [9.17, 15) is 0 Å². The van der Waals surface area contributed by atoms with Crippen molar-refractivity contribution in [2.24, 2.45) is 0 Å². The molecule has 2 heteroatoms. The van der Waals surface area contributed by atoms with E-state index in [0.29, 0.717) is 0 Å². The Morgan fingerprint density at radius 2 is 1.50 bits per heavy atom. The van der Waals surface area contributed by atoms with Gasteiger partial charge in [-0.3, -0.25) is 0 Å². The van der Waals surface area contributed by atoms with Crippen LogP contribution in [0.5, 0.6) is 11.5 Å². The van der Waals surface area contributed by atoms with Crippen molar-refractivity contribution in [1.82, 2.24) is 0 Å². The lowest BCUT2D eigenvalue weighted by molar-refractivity contribution is 0.354. The zero-order chi connectivity index (χ0) is 13.0. The molecule has 0 aliphatic carbocycles. The molecule has 0 aromatic heterocycles. The third kappa shape index (κ3) is 2.48. The van der Waals surface area contributed by atoms with Crippen molar-refractivity contribution in [3.8, 4) is 11.5 Å². The topological polar surface area (TPSA) is 18.5 Å². The lowest BCUT2D eigenvalue weighted by atomic mass is 9.93. The molecule has 0 spiro atoms. The van der Waals surface area contributed by atoms with Crippen molar-refractivity contribution in [3.63, 3.8) is 0 Å². The van der Waals surface area contributed by atoms with E-state index in [2.05, 4.69) is 19.1 Å². The number of benzene rings is 2. The quantitative estimate of drug-likeness (QED) is 0.813. The molecule has 1 unspecified atom stereocenters. The van der Waals surface area contributed by atoms with Gasteiger partial charge in [-0.2, -0.15) is 0 Å². The molecule has 0 aliphatic heterocycles. The van der Waals surface area contributed by atoms with Crippen LogP contribution in [0.1, 0.15) is 17.0 Å². The first kappa shape index (κ1) is 12.5. The van der Waals surface area contributed by atoms with Gasteiger partial charge < -0.3 is 9.47 Å². The molecule has 2 rings (SSSR count). The molecule has 0 saturated heterocycles. The van der Waals surface area contributed by atoms with Gasteiger partial charge in [0.05, 0.1) is 14.2 Å². The highest BCUT2D eigenvalue weighted by atomic mass is 16.5. The lowest BCUT2D eigenvalue weighted by Gasteiger charge is -2.15. The summed E-state index contributed by atoms with van der Waals surface area (Å²) >= 11 is 0. The van der Waals surface area contributed by atoms with Crippen LogP contribution >= 0.6 is 0 Å². The highest BCUT2D eigenvalue weighted by Gasteiger charge is 2.11. The summed E-state index contributed by atoms with van der Waals surface area (Å²) < 4.78 is 10.5. The molecule has 1 atom stereocenters.